The first-order chi connectivity index (χ1) is 15.6. The molecule has 2 saturated heterocycles. The molecule has 1 aromatic heterocycles. The number of carbonyl (C=O) groups is 1. The number of hydrogen-bond donors (Lipinski definition) is 6. The van der Waals surface area contributed by atoms with Crippen molar-refractivity contribution in [2.24, 2.45) is 0 Å². The topological polar surface area (TPSA) is 189 Å². The Bertz CT molecular complexity index is 962. The molecule has 184 valence electrons. The molecular weight excluding hydrogens is 455 g/mol. The van der Waals surface area contributed by atoms with Crippen molar-refractivity contribution < 1.29 is 38.6 Å². The molecule has 5 unspecified atom stereocenters. The van der Waals surface area contributed by atoms with Gasteiger partial charge in [0, 0.05) is 5.70 Å². The van der Waals surface area contributed by atoms with Crippen LogP contribution in [0.15, 0.2) is 18.1 Å². The van der Waals surface area contributed by atoms with Crippen LogP contribution in [0.1, 0.15) is 63.3 Å². The van der Waals surface area contributed by atoms with E-state index in [1.54, 1.807) is 0 Å². The zero-order chi connectivity index (χ0) is 23.8. The number of amides is 1. The predicted molar refractivity (Wildman–Crippen MR) is 115 cm³/mol. The number of imidazole rings is 1. The number of ether oxygens (including phenoxy) is 1. The Morgan fingerprint density at radius 3 is 2.61 bits per heavy atom. The van der Waals surface area contributed by atoms with Gasteiger partial charge in [-0.2, -0.15) is 0 Å². The monoisotopic (exact) mass is 486 g/mol. The molecule has 7 N–H and O–H groups in total. The lowest BCUT2D eigenvalue weighted by Gasteiger charge is -2.43. The lowest BCUT2D eigenvalue weighted by molar-refractivity contribution is -0.130. The summed E-state index contributed by atoms with van der Waals surface area (Å²) >= 11 is 0. The number of nitrogen functional groups attached to an aromatic ring is 1. The third kappa shape index (κ3) is 4.61. The molecule has 3 aliphatic rings. The van der Waals surface area contributed by atoms with E-state index in [1.165, 1.54) is 17.3 Å². The Hall–Kier alpha value is -1.79. The maximum Gasteiger partial charge on any atom is 0.469 e. The van der Waals surface area contributed by atoms with Gasteiger partial charge < -0.3 is 35.8 Å². The Morgan fingerprint density at radius 2 is 1.91 bits per heavy atom. The summed E-state index contributed by atoms with van der Waals surface area (Å²) in [6.07, 6.45) is 5.80. The molecule has 3 heterocycles. The zero-order valence-electron chi connectivity index (χ0n) is 18.2. The van der Waals surface area contributed by atoms with Gasteiger partial charge in [-0.1, -0.05) is 38.2 Å². The maximum absolute atomic E-state index is 12.9. The first kappa shape index (κ1) is 24.3. The van der Waals surface area contributed by atoms with E-state index in [2.05, 4.69) is 14.8 Å². The van der Waals surface area contributed by atoms with Crippen LogP contribution in [0.3, 0.4) is 0 Å². The number of aromatic nitrogens is 2. The van der Waals surface area contributed by atoms with E-state index in [-0.39, 0.29) is 11.7 Å². The number of anilines is 1. The predicted octanol–water partition coefficient (Wildman–Crippen LogP) is 0.580. The second-order valence-corrected chi connectivity index (χ2v) is 10.1. The van der Waals surface area contributed by atoms with Crippen molar-refractivity contribution in [3.63, 3.8) is 0 Å². The number of phosphoric ester groups is 1. The van der Waals surface area contributed by atoms with Gasteiger partial charge in [0.25, 0.3) is 0 Å². The molecule has 13 heteroatoms. The Kier molecular flexibility index (Phi) is 6.97. The van der Waals surface area contributed by atoms with Crippen LogP contribution in [-0.4, -0.2) is 60.4 Å². The number of nitrogens with zero attached hydrogens (tertiary/aromatic N) is 2. The van der Waals surface area contributed by atoms with Gasteiger partial charge in [-0.3, -0.25) is 13.9 Å². The lowest BCUT2D eigenvalue weighted by Crippen LogP contribution is -2.60. The molecule has 1 aliphatic carbocycles. The summed E-state index contributed by atoms with van der Waals surface area (Å²) in [5, 5.41) is 23.7. The van der Waals surface area contributed by atoms with Crippen molar-refractivity contribution in [3.8, 4) is 0 Å². The molecule has 0 bridgehead atoms. The summed E-state index contributed by atoms with van der Waals surface area (Å²) in [5.74, 6) is -0.0516. The molecule has 1 aromatic rings. The first-order valence-corrected chi connectivity index (χ1v) is 12.7. The smallest absolute Gasteiger partial charge is 0.387 e. The number of aliphatic hydroxyl groups is 2. The van der Waals surface area contributed by atoms with Gasteiger partial charge >= 0.3 is 7.82 Å². The van der Waals surface area contributed by atoms with Gasteiger partial charge in [0.15, 0.2) is 6.23 Å². The average molecular weight is 486 g/mol. The van der Waals surface area contributed by atoms with E-state index >= 15 is 0 Å². The minimum absolute atomic E-state index is 0.124. The van der Waals surface area contributed by atoms with Gasteiger partial charge in [0.2, 0.25) is 5.91 Å². The van der Waals surface area contributed by atoms with Crippen LogP contribution < -0.4 is 11.1 Å². The molecule has 12 nitrogen and oxygen atoms in total. The molecular formula is C20H31N4O8P. The minimum atomic E-state index is -4.78. The van der Waals surface area contributed by atoms with Gasteiger partial charge in [-0.25, -0.2) is 9.55 Å². The van der Waals surface area contributed by atoms with E-state index < -0.39 is 44.4 Å². The lowest BCUT2D eigenvalue weighted by atomic mass is 9.69. The summed E-state index contributed by atoms with van der Waals surface area (Å²) in [4.78, 5) is 35.1. The standard InChI is InChI=1S/C20H31N4O8P/c21-17-16(20-9-7-5-3-1-2-4-6-8-13(20)23-19(20)27)22-11-24(17)18-15(26)14(25)12(32-18)10-31-33(28,29)30/h8,11-12,14-15,18,25-26H,1-7,9-10,21H2,(H,23,27)(H2,28,29,30)/b13-8-. The van der Waals surface area contributed by atoms with Crippen LogP contribution in [0.4, 0.5) is 5.82 Å². The first-order valence-electron chi connectivity index (χ1n) is 11.2. The Balaban J connectivity index is 1.61. The number of allylic oxidation sites excluding steroid dienone is 1. The SMILES string of the molecule is Nc1c(C23CCCCCCCC/C=C/2NC3=O)ncn1C1OC(COP(=O)(O)O)C(O)C1O. The second kappa shape index (κ2) is 9.46. The zero-order valence-corrected chi connectivity index (χ0v) is 19.1. The largest absolute Gasteiger partial charge is 0.469 e. The molecule has 5 atom stereocenters. The van der Waals surface area contributed by atoms with Crippen LogP contribution in [0.2, 0.25) is 0 Å². The molecule has 0 radical (unpaired) electrons. The van der Waals surface area contributed by atoms with Crippen molar-refractivity contribution in [2.45, 2.75) is 81.3 Å². The van der Waals surface area contributed by atoms with Crippen molar-refractivity contribution in [1.82, 2.24) is 14.9 Å². The highest BCUT2D eigenvalue weighted by molar-refractivity contribution is 7.46. The summed E-state index contributed by atoms with van der Waals surface area (Å²) in [6, 6.07) is 0. The maximum atomic E-state index is 12.9. The average Bonchev–Trinajstić information content (AvgIpc) is 3.25. The summed E-state index contributed by atoms with van der Waals surface area (Å²) < 4.78 is 22.3. The van der Waals surface area contributed by atoms with Crippen molar-refractivity contribution >= 4 is 19.5 Å². The number of phosphoric acid groups is 1. The van der Waals surface area contributed by atoms with Gasteiger partial charge in [0.05, 0.1) is 12.9 Å². The highest BCUT2D eigenvalue weighted by Gasteiger charge is 2.55. The van der Waals surface area contributed by atoms with E-state index in [0.29, 0.717) is 12.1 Å². The molecule has 4 rings (SSSR count). The number of nitrogens with two attached hydrogens (primary N) is 1. The van der Waals surface area contributed by atoms with E-state index in [9.17, 15) is 19.6 Å². The van der Waals surface area contributed by atoms with Gasteiger partial charge in [-0.15, -0.1) is 0 Å². The fourth-order valence-corrected chi connectivity index (χ4v) is 5.22. The van der Waals surface area contributed by atoms with Crippen LogP contribution in [0, 0.1) is 0 Å². The quantitative estimate of drug-likeness (QED) is 0.254. The molecule has 0 saturated carbocycles. The van der Waals surface area contributed by atoms with Crippen molar-refractivity contribution in [1.29, 1.82) is 0 Å². The molecule has 0 spiro atoms. The van der Waals surface area contributed by atoms with Crippen LogP contribution in [0.5, 0.6) is 0 Å². The van der Waals surface area contributed by atoms with Crippen LogP contribution in [-0.2, 0) is 24.0 Å². The summed E-state index contributed by atoms with van der Waals surface area (Å²) in [5.41, 5.74) is 6.58. The number of hydrogen-bond acceptors (Lipinski definition) is 8. The van der Waals surface area contributed by atoms with E-state index in [1.807, 2.05) is 6.08 Å². The Labute approximate surface area is 191 Å². The number of β-lactam (4-membered cyclic amide) rings is 1. The third-order valence-electron chi connectivity index (χ3n) is 6.70. The van der Waals surface area contributed by atoms with Crippen molar-refractivity contribution in [3.05, 3.63) is 23.8 Å². The highest BCUT2D eigenvalue weighted by Crippen LogP contribution is 2.46. The molecule has 33 heavy (non-hydrogen) atoms. The van der Waals surface area contributed by atoms with Crippen LogP contribution >= 0.6 is 7.82 Å². The Morgan fingerprint density at radius 1 is 1.21 bits per heavy atom. The summed E-state index contributed by atoms with van der Waals surface area (Å²) in [7, 11) is -4.78. The molecule has 1 amide bonds. The normalized spacial score (nSPS) is 35.0. The van der Waals surface area contributed by atoms with E-state index in [4.69, 9.17) is 20.3 Å². The third-order valence-corrected chi connectivity index (χ3v) is 7.19. The van der Waals surface area contributed by atoms with Crippen LogP contribution in [0.25, 0.3) is 0 Å². The number of nitrogens with one attached hydrogen (secondary N) is 1. The fourth-order valence-electron chi connectivity index (χ4n) is 4.88. The molecule has 0 aromatic carbocycles. The van der Waals surface area contributed by atoms with E-state index in [0.717, 1.165) is 44.2 Å². The molecule has 2 aliphatic heterocycles. The fraction of sp³-hybridized carbons (Fsp3) is 0.700. The number of carbonyl (C=O) groups excluding carboxylic acids is 1. The second-order valence-electron chi connectivity index (χ2n) is 8.86. The number of aliphatic hydroxyl groups excluding tert-OH is 2. The minimum Gasteiger partial charge on any atom is -0.387 e. The number of rotatable bonds is 5. The number of fused-ring (bicyclic) bond motifs is 1. The highest BCUT2D eigenvalue weighted by atomic mass is 31.2. The van der Waals surface area contributed by atoms with Gasteiger partial charge in [0.1, 0.15) is 35.2 Å². The van der Waals surface area contributed by atoms with Gasteiger partial charge in [-0.05, 0) is 19.3 Å². The van der Waals surface area contributed by atoms with Crippen molar-refractivity contribution in [2.75, 3.05) is 12.3 Å². The summed E-state index contributed by atoms with van der Waals surface area (Å²) in [6.45, 7) is -0.625. The molecule has 2 fully saturated rings.